The van der Waals surface area contributed by atoms with Gasteiger partial charge >= 0.3 is 5.63 Å². The first-order valence-corrected chi connectivity index (χ1v) is 8.67. The summed E-state index contributed by atoms with van der Waals surface area (Å²) in [5.74, 6) is -1.40. The van der Waals surface area contributed by atoms with Crippen LogP contribution in [0.1, 0.15) is 0 Å². The quantitative estimate of drug-likeness (QED) is 0.463. The molecule has 0 aliphatic rings. The minimum atomic E-state index is -0.735. The van der Waals surface area contributed by atoms with Crippen molar-refractivity contribution in [2.75, 3.05) is 5.32 Å². The highest BCUT2D eigenvalue weighted by Crippen LogP contribution is 2.29. The van der Waals surface area contributed by atoms with Gasteiger partial charge in [0, 0.05) is 21.9 Å². The number of nitrogens with one attached hydrogen (secondary N) is 1. The van der Waals surface area contributed by atoms with Crippen LogP contribution in [-0.4, -0.2) is 4.98 Å². The molecule has 0 aliphatic carbocycles. The fourth-order valence-corrected chi connectivity index (χ4v) is 3.34. The molecule has 0 fully saturated rings. The predicted octanol–water partition coefficient (Wildman–Crippen LogP) is 5.59. The van der Waals surface area contributed by atoms with Gasteiger partial charge in [-0.25, -0.2) is 18.6 Å². The fraction of sp³-hybridized carbons (Fsp3) is 0. The second-order valence-corrected chi connectivity index (χ2v) is 6.71. The zero-order valence-corrected chi connectivity index (χ0v) is 14.5. The number of hydrogen-bond donors (Lipinski definition) is 1. The summed E-state index contributed by atoms with van der Waals surface area (Å²) in [7, 11) is 0. The van der Waals surface area contributed by atoms with E-state index < -0.39 is 17.3 Å². The van der Waals surface area contributed by atoms with E-state index in [2.05, 4.69) is 10.3 Å². The Hall–Kier alpha value is -2.77. The SMILES string of the molecule is O=c1oc2ccc(Cl)cc2cc1-c1csc(Nc2ccc(F)cc2F)n1. The molecule has 1 N–H and O–H groups in total. The number of benzene rings is 2. The number of fused-ring (bicyclic) bond motifs is 1. The number of rotatable bonds is 3. The summed E-state index contributed by atoms with van der Waals surface area (Å²) in [5, 5.41) is 5.95. The van der Waals surface area contributed by atoms with Gasteiger partial charge in [0.05, 0.1) is 16.9 Å². The van der Waals surface area contributed by atoms with E-state index in [0.717, 1.165) is 12.1 Å². The van der Waals surface area contributed by atoms with Crippen molar-refractivity contribution in [1.29, 1.82) is 0 Å². The lowest BCUT2D eigenvalue weighted by Crippen LogP contribution is -2.03. The summed E-state index contributed by atoms with van der Waals surface area (Å²) in [4.78, 5) is 16.5. The Morgan fingerprint density at radius 2 is 1.96 bits per heavy atom. The Labute approximate surface area is 154 Å². The van der Waals surface area contributed by atoms with Crippen LogP contribution in [0.25, 0.3) is 22.2 Å². The van der Waals surface area contributed by atoms with Gasteiger partial charge in [-0.1, -0.05) is 11.6 Å². The predicted molar refractivity (Wildman–Crippen MR) is 98.2 cm³/mol. The van der Waals surface area contributed by atoms with Crippen molar-refractivity contribution in [3.05, 3.63) is 74.9 Å². The standard InChI is InChI=1S/C18H9ClF2N2O2S/c19-10-1-4-16-9(5-10)6-12(17(24)25-16)15-8-26-18(23-15)22-14-3-2-11(20)7-13(14)21/h1-8H,(H,22,23). The molecule has 26 heavy (non-hydrogen) atoms. The normalized spacial score (nSPS) is 11.0. The topological polar surface area (TPSA) is 55.1 Å². The monoisotopic (exact) mass is 390 g/mol. The smallest absolute Gasteiger partial charge is 0.345 e. The van der Waals surface area contributed by atoms with E-state index in [9.17, 15) is 13.6 Å². The second kappa shape index (κ2) is 6.51. The van der Waals surface area contributed by atoms with E-state index in [-0.39, 0.29) is 11.3 Å². The highest BCUT2D eigenvalue weighted by molar-refractivity contribution is 7.14. The number of aromatic nitrogens is 1. The summed E-state index contributed by atoms with van der Waals surface area (Å²) >= 11 is 7.15. The average Bonchev–Trinajstić information content (AvgIpc) is 3.05. The zero-order chi connectivity index (χ0) is 18.3. The lowest BCUT2D eigenvalue weighted by molar-refractivity contribution is 0.563. The molecule has 0 saturated carbocycles. The number of halogens is 3. The number of anilines is 2. The van der Waals surface area contributed by atoms with Crippen LogP contribution < -0.4 is 10.9 Å². The number of nitrogens with zero attached hydrogens (tertiary/aromatic N) is 1. The lowest BCUT2D eigenvalue weighted by Gasteiger charge is -2.04. The summed E-state index contributed by atoms with van der Waals surface area (Å²) in [6.07, 6.45) is 0. The molecule has 0 amide bonds. The molecule has 2 aromatic carbocycles. The van der Waals surface area contributed by atoms with E-state index in [0.29, 0.717) is 26.8 Å². The first-order valence-electron chi connectivity index (χ1n) is 7.41. The Kier molecular flexibility index (Phi) is 4.18. The van der Waals surface area contributed by atoms with Gasteiger partial charge in [-0.05, 0) is 36.4 Å². The van der Waals surface area contributed by atoms with Crippen molar-refractivity contribution in [1.82, 2.24) is 4.98 Å². The van der Waals surface area contributed by atoms with Crippen LogP contribution in [0.2, 0.25) is 5.02 Å². The van der Waals surface area contributed by atoms with Gasteiger partial charge in [0.25, 0.3) is 0 Å². The average molecular weight is 391 g/mol. The van der Waals surface area contributed by atoms with E-state index in [1.165, 1.54) is 17.4 Å². The van der Waals surface area contributed by atoms with E-state index in [4.69, 9.17) is 16.0 Å². The van der Waals surface area contributed by atoms with Gasteiger partial charge in [-0.15, -0.1) is 11.3 Å². The lowest BCUT2D eigenvalue weighted by atomic mass is 10.1. The van der Waals surface area contributed by atoms with Gasteiger partial charge in [0.2, 0.25) is 0 Å². The Morgan fingerprint density at radius 3 is 2.77 bits per heavy atom. The summed E-state index contributed by atoms with van der Waals surface area (Å²) in [6.45, 7) is 0. The maximum absolute atomic E-state index is 13.7. The maximum Gasteiger partial charge on any atom is 0.345 e. The van der Waals surface area contributed by atoms with Crippen LogP contribution in [0, 0.1) is 11.6 Å². The van der Waals surface area contributed by atoms with Crippen LogP contribution >= 0.6 is 22.9 Å². The van der Waals surface area contributed by atoms with E-state index >= 15 is 0 Å². The third kappa shape index (κ3) is 3.18. The van der Waals surface area contributed by atoms with Gasteiger partial charge in [0.15, 0.2) is 5.13 Å². The molecule has 2 aromatic heterocycles. The molecule has 0 saturated heterocycles. The minimum Gasteiger partial charge on any atom is -0.422 e. The highest BCUT2D eigenvalue weighted by atomic mass is 35.5. The highest BCUT2D eigenvalue weighted by Gasteiger charge is 2.13. The van der Waals surface area contributed by atoms with Gasteiger partial charge < -0.3 is 9.73 Å². The first-order chi connectivity index (χ1) is 12.5. The van der Waals surface area contributed by atoms with Crippen molar-refractivity contribution in [3.63, 3.8) is 0 Å². The van der Waals surface area contributed by atoms with Gasteiger partial charge in [0.1, 0.15) is 17.2 Å². The second-order valence-electron chi connectivity index (χ2n) is 5.42. The molecule has 0 radical (unpaired) electrons. The molecule has 0 spiro atoms. The van der Waals surface area contributed by atoms with Gasteiger partial charge in [-0.3, -0.25) is 0 Å². The Bertz CT molecular complexity index is 1190. The zero-order valence-electron chi connectivity index (χ0n) is 12.9. The van der Waals surface area contributed by atoms with Crippen LogP contribution in [0.3, 0.4) is 0 Å². The van der Waals surface area contributed by atoms with Crippen molar-refractivity contribution >= 4 is 44.7 Å². The third-order valence-corrected chi connectivity index (χ3v) is 4.64. The first kappa shape index (κ1) is 16.7. The van der Waals surface area contributed by atoms with Gasteiger partial charge in [-0.2, -0.15) is 0 Å². The van der Waals surface area contributed by atoms with Crippen molar-refractivity contribution in [2.24, 2.45) is 0 Å². The van der Waals surface area contributed by atoms with Crippen molar-refractivity contribution in [3.8, 4) is 11.3 Å². The molecule has 4 aromatic rings. The van der Waals surface area contributed by atoms with Crippen molar-refractivity contribution in [2.45, 2.75) is 0 Å². The maximum atomic E-state index is 13.7. The largest absolute Gasteiger partial charge is 0.422 e. The molecule has 8 heteroatoms. The molecule has 2 heterocycles. The minimum absolute atomic E-state index is 0.0876. The molecule has 4 nitrogen and oxygen atoms in total. The van der Waals surface area contributed by atoms with Crippen LogP contribution in [-0.2, 0) is 0 Å². The molecule has 130 valence electrons. The van der Waals surface area contributed by atoms with E-state index in [1.54, 1.807) is 29.6 Å². The molecular weight excluding hydrogens is 382 g/mol. The Balaban J connectivity index is 1.70. The van der Waals surface area contributed by atoms with E-state index in [1.807, 2.05) is 0 Å². The summed E-state index contributed by atoms with van der Waals surface area (Å²) in [6, 6.07) is 9.77. The van der Waals surface area contributed by atoms with Crippen molar-refractivity contribution < 1.29 is 13.2 Å². The third-order valence-electron chi connectivity index (χ3n) is 3.65. The van der Waals surface area contributed by atoms with Crippen LogP contribution in [0.4, 0.5) is 19.6 Å². The molecular formula is C18H9ClF2N2O2S. The molecule has 4 rings (SSSR count). The number of thiazole rings is 1. The summed E-state index contributed by atoms with van der Waals surface area (Å²) in [5.41, 5.74) is 0.624. The molecule has 0 atom stereocenters. The molecule has 0 bridgehead atoms. The molecule has 0 aliphatic heterocycles. The Morgan fingerprint density at radius 1 is 1.12 bits per heavy atom. The van der Waals surface area contributed by atoms with Crippen LogP contribution in [0.5, 0.6) is 0 Å². The summed E-state index contributed by atoms with van der Waals surface area (Å²) < 4.78 is 32.0. The number of hydrogen-bond acceptors (Lipinski definition) is 5. The van der Waals surface area contributed by atoms with Crippen LogP contribution in [0.15, 0.2) is 57.1 Å². The fourth-order valence-electron chi connectivity index (χ4n) is 2.43. The molecule has 0 unspecified atom stereocenters.